The molecular weight excluding hydrogens is 557 g/mol. The molecule has 4 nitrogen and oxygen atoms in total. The summed E-state index contributed by atoms with van der Waals surface area (Å²) in [6, 6.07) is 9.63. The molecule has 0 unspecified atom stereocenters. The van der Waals surface area contributed by atoms with Gasteiger partial charge >= 0.3 is 0 Å². The van der Waals surface area contributed by atoms with E-state index in [1.807, 2.05) is 30.3 Å². The second-order valence-electron chi connectivity index (χ2n) is 6.64. The Morgan fingerprint density at radius 1 is 0.750 bits per heavy atom. The molecule has 0 aliphatic rings. The molecule has 0 heterocycles. The molecule has 0 bridgehead atoms. The predicted molar refractivity (Wildman–Crippen MR) is 114 cm³/mol. The van der Waals surface area contributed by atoms with Crippen molar-refractivity contribution >= 4 is 35.9 Å². The van der Waals surface area contributed by atoms with Crippen LogP contribution in [0.1, 0.15) is 67.3 Å². The molecule has 5 N–H and O–H groups in total. The van der Waals surface area contributed by atoms with E-state index in [4.69, 9.17) is 33.6 Å². The number of nitrogen functional groups attached to an aromatic ring is 1. The van der Waals surface area contributed by atoms with Crippen LogP contribution in [0, 0.1) is 16.2 Å². The molecule has 2 aromatic carbocycles. The molecule has 158 valence electrons. The second kappa shape index (κ2) is 13.9. The van der Waals surface area contributed by atoms with E-state index in [1.54, 1.807) is 0 Å². The van der Waals surface area contributed by atoms with Crippen LogP contribution in [0.15, 0.2) is 30.3 Å². The molecule has 0 saturated heterocycles. The molecule has 2 rings (SSSR count). The number of nitrogens with one attached hydrogen (secondary N) is 3. The third-order valence-corrected chi connectivity index (χ3v) is 4.41. The number of anilines is 1. The molecule has 28 heavy (non-hydrogen) atoms. The van der Waals surface area contributed by atoms with Gasteiger partial charge in [-0.1, -0.05) is 51.4 Å². The van der Waals surface area contributed by atoms with Crippen LogP contribution >= 0.6 is 11.6 Å². The van der Waals surface area contributed by atoms with Crippen molar-refractivity contribution in [3.8, 4) is 0 Å². The third-order valence-electron chi connectivity index (χ3n) is 4.09. The molecule has 2 aromatic rings. The Labute approximate surface area is 200 Å². The van der Waals surface area contributed by atoms with Gasteiger partial charge in [-0.15, -0.1) is 0 Å². The fourth-order valence-electron chi connectivity index (χ4n) is 2.32. The fraction of sp³-hybridized carbons (Fsp3) is 0.286. The minimum absolute atomic E-state index is 0. The zero-order chi connectivity index (χ0) is 19.9. The topological polar surface area (TPSA) is 97.6 Å². The Morgan fingerprint density at radius 3 is 1.64 bits per heavy atom. The average molecular weight is 584 g/mol. The predicted octanol–water partition coefficient (Wildman–Crippen LogP) is 5.84. The summed E-state index contributed by atoms with van der Waals surface area (Å²) in [6.07, 6.45) is 3.81. The first-order chi connectivity index (χ1) is 12.2. The summed E-state index contributed by atoms with van der Waals surface area (Å²) in [5, 5.41) is 22.0. The SMILES string of the molecule is CC(C)c1cc(Cl)c(N)c(C=N)c1.CC(C)c1ccc(C=N)c(C=N)c1.[Pd].[Pd]. The van der Waals surface area contributed by atoms with Gasteiger partial charge in [0.1, 0.15) is 0 Å². The number of halogens is 1. The molecule has 7 heteroatoms. The van der Waals surface area contributed by atoms with Gasteiger partial charge in [0.15, 0.2) is 0 Å². The molecule has 0 aromatic heterocycles. The Kier molecular flexibility index (Phi) is 14.5. The molecule has 0 spiro atoms. The largest absolute Gasteiger partial charge is 0.397 e. The molecular formula is C21H27ClN4Pd2. The quantitative estimate of drug-likeness (QED) is 0.199. The van der Waals surface area contributed by atoms with Crippen molar-refractivity contribution < 1.29 is 40.8 Å². The van der Waals surface area contributed by atoms with E-state index in [1.165, 1.54) is 24.2 Å². The Morgan fingerprint density at radius 2 is 1.21 bits per heavy atom. The molecule has 0 radical (unpaired) electrons. The Hall–Kier alpha value is -1.14. The third kappa shape index (κ3) is 8.08. The van der Waals surface area contributed by atoms with Crippen molar-refractivity contribution in [2.24, 2.45) is 0 Å². The first-order valence-electron chi connectivity index (χ1n) is 8.49. The summed E-state index contributed by atoms with van der Waals surface area (Å²) in [5.41, 5.74) is 10.8. The van der Waals surface area contributed by atoms with E-state index < -0.39 is 0 Å². The summed E-state index contributed by atoms with van der Waals surface area (Å²) >= 11 is 5.91. The molecule has 0 fully saturated rings. The van der Waals surface area contributed by atoms with Crippen molar-refractivity contribution in [1.82, 2.24) is 0 Å². The maximum atomic E-state index is 7.20. The number of nitrogens with two attached hydrogens (primary N) is 1. The maximum Gasteiger partial charge on any atom is 0.0645 e. The summed E-state index contributed by atoms with van der Waals surface area (Å²) < 4.78 is 0. The van der Waals surface area contributed by atoms with Gasteiger partial charge in [-0.25, -0.2) is 0 Å². The van der Waals surface area contributed by atoms with E-state index in [-0.39, 0.29) is 40.8 Å². The van der Waals surface area contributed by atoms with E-state index in [2.05, 4.69) is 27.7 Å². The van der Waals surface area contributed by atoms with Crippen molar-refractivity contribution in [2.75, 3.05) is 5.73 Å². The molecule has 0 atom stereocenters. The molecule has 0 amide bonds. The zero-order valence-electron chi connectivity index (χ0n) is 16.4. The summed E-state index contributed by atoms with van der Waals surface area (Å²) in [7, 11) is 0. The normalized spacial score (nSPS) is 9.54. The van der Waals surface area contributed by atoms with Crippen molar-refractivity contribution in [1.29, 1.82) is 16.2 Å². The second-order valence-corrected chi connectivity index (χ2v) is 7.04. The minimum Gasteiger partial charge on any atom is -0.397 e. The Bertz CT molecular complexity index is 805. The van der Waals surface area contributed by atoms with E-state index in [9.17, 15) is 0 Å². The van der Waals surface area contributed by atoms with Crippen LogP contribution in [0.4, 0.5) is 5.69 Å². The van der Waals surface area contributed by atoms with Crippen LogP contribution < -0.4 is 5.73 Å². The van der Waals surface area contributed by atoms with Crippen molar-refractivity contribution in [2.45, 2.75) is 39.5 Å². The fourth-order valence-corrected chi connectivity index (χ4v) is 2.56. The smallest absolute Gasteiger partial charge is 0.0645 e. The van der Waals surface area contributed by atoms with Crippen molar-refractivity contribution in [3.05, 3.63) is 63.2 Å². The van der Waals surface area contributed by atoms with Gasteiger partial charge in [-0.05, 0) is 41.2 Å². The maximum absolute atomic E-state index is 7.20. The van der Waals surface area contributed by atoms with Crippen molar-refractivity contribution in [3.63, 3.8) is 0 Å². The van der Waals surface area contributed by atoms with E-state index in [0.29, 0.717) is 28.1 Å². The summed E-state index contributed by atoms with van der Waals surface area (Å²) in [5.74, 6) is 0.871. The van der Waals surface area contributed by atoms with Gasteiger partial charge in [0, 0.05) is 76.2 Å². The van der Waals surface area contributed by atoms with Gasteiger partial charge in [-0.3, -0.25) is 0 Å². The first-order valence-corrected chi connectivity index (χ1v) is 8.87. The van der Waals surface area contributed by atoms with E-state index >= 15 is 0 Å². The summed E-state index contributed by atoms with van der Waals surface area (Å²) in [6.45, 7) is 8.39. The van der Waals surface area contributed by atoms with Gasteiger partial charge in [0.25, 0.3) is 0 Å². The van der Waals surface area contributed by atoms with E-state index in [0.717, 1.165) is 16.7 Å². The molecule has 0 saturated carbocycles. The number of hydrogen-bond acceptors (Lipinski definition) is 4. The molecule has 0 aliphatic heterocycles. The number of rotatable bonds is 5. The van der Waals surface area contributed by atoms with Crippen LogP contribution in [0.2, 0.25) is 5.02 Å². The summed E-state index contributed by atoms with van der Waals surface area (Å²) in [4.78, 5) is 0. The van der Waals surface area contributed by atoms with Crippen LogP contribution in [0.25, 0.3) is 0 Å². The first kappa shape index (κ1) is 29.1. The molecule has 0 aliphatic carbocycles. The number of hydrogen-bond donors (Lipinski definition) is 4. The van der Waals surface area contributed by atoms with Gasteiger partial charge in [-0.2, -0.15) is 0 Å². The Balaban J connectivity index is 0. The van der Waals surface area contributed by atoms with Crippen LogP contribution in [-0.4, -0.2) is 18.6 Å². The van der Waals surface area contributed by atoms with Crippen LogP contribution in [0.5, 0.6) is 0 Å². The standard InChI is InChI=1S/C11H14N2.C10H13ClN2.2Pd/c1-8(2)9-3-4-10(6-12)11(5-9)7-13;1-6(2)7-3-8(5-12)10(13)9(11)4-7;;/h3-8,12-13H,1-2H3;3-6,12H,13H2,1-2H3;;. The van der Waals surface area contributed by atoms with Gasteiger partial charge in [0.2, 0.25) is 0 Å². The van der Waals surface area contributed by atoms with Crippen LogP contribution in [0.3, 0.4) is 0 Å². The van der Waals surface area contributed by atoms with Crippen LogP contribution in [-0.2, 0) is 40.8 Å². The zero-order valence-corrected chi connectivity index (χ0v) is 20.2. The van der Waals surface area contributed by atoms with Gasteiger partial charge < -0.3 is 22.0 Å². The minimum atomic E-state index is 0. The number of benzene rings is 2. The average Bonchev–Trinajstić information content (AvgIpc) is 2.63. The monoisotopic (exact) mass is 582 g/mol. The van der Waals surface area contributed by atoms with Gasteiger partial charge in [0.05, 0.1) is 10.7 Å².